The van der Waals surface area contributed by atoms with Crippen molar-refractivity contribution in [3.05, 3.63) is 63.6 Å². The standard InChI is InChI=1S/C15H13BrN2/c1-11-3-2-4-12(7-11)10-18-14-6-5-13(9-17)15(16)8-14/h2-8,18H,10H2,1H3. The summed E-state index contributed by atoms with van der Waals surface area (Å²) in [7, 11) is 0. The molecular weight excluding hydrogens is 288 g/mol. The Morgan fingerprint density at radius 1 is 1.22 bits per heavy atom. The molecule has 0 aliphatic heterocycles. The van der Waals surface area contributed by atoms with Crippen LogP contribution in [0.25, 0.3) is 0 Å². The number of benzene rings is 2. The minimum Gasteiger partial charge on any atom is -0.381 e. The van der Waals surface area contributed by atoms with Crippen molar-refractivity contribution in [1.29, 1.82) is 5.26 Å². The third-order valence-corrected chi connectivity index (χ3v) is 3.32. The van der Waals surface area contributed by atoms with Gasteiger partial charge in [-0.1, -0.05) is 29.8 Å². The Morgan fingerprint density at radius 2 is 2.06 bits per heavy atom. The van der Waals surface area contributed by atoms with E-state index in [0.29, 0.717) is 5.56 Å². The number of hydrogen-bond donors (Lipinski definition) is 1. The maximum Gasteiger partial charge on any atom is 0.100 e. The Hall–Kier alpha value is -1.79. The van der Waals surface area contributed by atoms with Crippen LogP contribution in [-0.2, 0) is 6.54 Å². The monoisotopic (exact) mass is 300 g/mol. The minimum atomic E-state index is 0.649. The van der Waals surface area contributed by atoms with Crippen LogP contribution in [0.3, 0.4) is 0 Å². The second-order valence-corrected chi connectivity index (χ2v) is 5.00. The number of hydrogen-bond acceptors (Lipinski definition) is 2. The third kappa shape index (κ3) is 3.12. The van der Waals surface area contributed by atoms with Crippen LogP contribution in [0.4, 0.5) is 5.69 Å². The Balaban J connectivity index is 2.07. The van der Waals surface area contributed by atoms with Gasteiger partial charge in [0, 0.05) is 16.7 Å². The molecule has 2 nitrogen and oxygen atoms in total. The summed E-state index contributed by atoms with van der Waals surface area (Å²) >= 11 is 3.38. The molecule has 18 heavy (non-hydrogen) atoms. The summed E-state index contributed by atoms with van der Waals surface area (Å²) in [5.74, 6) is 0. The molecule has 90 valence electrons. The van der Waals surface area contributed by atoms with E-state index < -0.39 is 0 Å². The highest BCUT2D eigenvalue weighted by Crippen LogP contribution is 2.21. The van der Waals surface area contributed by atoms with Gasteiger partial charge in [-0.05, 0) is 46.6 Å². The van der Waals surface area contributed by atoms with Crippen molar-refractivity contribution in [2.24, 2.45) is 0 Å². The van der Waals surface area contributed by atoms with Gasteiger partial charge in [-0.2, -0.15) is 5.26 Å². The van der Waals surface area contributed by atoms with Crippen molar-refractivity contribution < 1.29 is 0 Å². The average molecular weight is 301 g/mol. The van der Waals surface area contributed by atoms with Crippen LogP contribution >= 0.6 is 15.9 Å². The van der Waals surface area contributed by atoms with Crippen LogP contribution < -0.4 is 5.32 Å². The summed E-state index contributed by atoms with van der Waals surface area (Å²) in [6.45, 7) is 2.86. The van der Waals surface area contributed by atoms with E-state index in [0.717, 1.165) is 16.7 Å². The van der Waals surface area contributed by atoms with Crippen LogP contribution in [0.5, 0.6) is 0 Å². The fourth-order valence-electron chi connectivity index (χ4n) is 1.74. The number of nitrogens with one attached hydrogen (secondary N) is 1. The van der Waals surface area contributed by atoms with Gasteiger partial charge in [0.05, 0.1) is 5.56 Å². The first-order chi connectivity index (χ1) is 8.69. The van der Waals surface area contributed by atoms with Gasteiger partial charge in [0.25, 0.3) is 0 Å². The lowest BCUT2D eigenvalue weighted by atomic mass is 10.1. The summed E-state index contributed by atoms with van der Waals surface area (Å²) in [6.07, 6.45) is 0. The predicted molar refractivity (Wildman–Crippen MR) is 77.4 cm³/mol. The highest BCUT2D eigenvalue weighted by molar-refractivity contribution is 9.10. The summed E-state index contributed by atoms with van der Waals surface area (Å²) in [5, 5.41) is 12.2. The maximum absolute atomic E-state index is 8.85. The predicted octanol–water partition coefficient (Wildman–Crippen LogP) is 4.24. The SMILES string of the molecule is Cc1cccc(CNc2ccc(C#N)c(Br)c2)c1. The number of nitrogens with zero attached hydrogens (tertiary/aromatic N) is 1. The molecule has 0 atom stereocenters. The van der Waals surface area contributed by atoms with Crippen molar-refractivity contribution in [3.8, 4) is 6.07 Å². The molecule has 0 aromatic heterocycles. The van der Waals surface area contributed by atoms with Gasteiger partial charge in [0.2, 0.25) is 0 Å². The first-order valence-corrected chi connectivity index (χ1v) is 6.47. The zero-order chi connectivity index (χ0) is 13.0. The fraction of sp³-hybridized carbons (Fsp3) is 0.133. The molecular formula is C15H13BrN2. The van der Waals surface area contributed by atoms with Crippen LogP contribution in [-0.4, -0.2) is 0 Å². The molecule has 0 aliphatic rings. The van der Waals surface area contributed by atoms with Crippen LogP contribution in [0.2, 0.25) is 0 Å². The zero-order valence-electron chi connectivity index (χ0n) is 10.1. The molecule has 0 bridgehead atoms. The third-order valence-electron chi connectivity index (χ3n) is 2.67. The largest absolute Gasteiger partial charge is 0.381 e. The number of halogens is 1. The summed E-state index contributed by atoms with van der Waals surface area (Å²) in [6, 6.07) is 16.2. The molecule has 3 heteroatoms. The quantitative estimate of drug-likeness (QED) is 0.920. The number of anilines is 1. The maximum atomic E-state index is 8.85. The lowest BCUT2D eigenvalue weighted by molar-refractivity contribution is 1.14. The highest BCUT2D eigenvalue weighted by Gasteiger charge is 2.00. The second-order valence-electron chi connectivity index (χ2n) is 4.15. The molecule has 0 aliphatic carbocycles. The van der Waals surface area contributed by atoms with Crippen molar-refractivity contribution in [3.63, 3.8) is 0 Å². The van der Waals surface area contributed by atoms with Gasteiger partial charge in [0.15, 0.2) is 0 Å². The van der Waals surface area contributed by atoms with E-state index in [1.54, 1.807) is 0 Å². The van der Waals surface area contributed by atoms with E-state index in [2.05, 4.69) is 58.5 Å². The van der Waals surface area contributed by atoms with Crippen LogP contribution in [0, 0.1) is 18.3 Å². The first-order valence-electron chi connectivity index (χ1n) is 5.68. The second kappa shape index (κ2) is 5.70. The van der Waals surface area contributed by atoms with Crippen LogP contribution in [0.15, 0.2) is 46.9 Å². The van der Waals surface area contributed by atoms with Crippen molar-refractivity contribution in [2.45, 2.75) is 13.5 Å². The highest BCUT2D eigenvalue weighted by atomic mass is 79.9. The molecule has 0 saturated carbocycles. The van der Waals surface area contributed by atoms with E-state index in [1.807, 2.05) is 18.2 Å². The Labute approximate surface area is 115 Å². The van der Waals surface area contributed by atoms with E-state index >= 15 is 0 Å². The topological polar surface area (TPSA) is 35.8 Å². The molecule has 0 saturated heterocycles. The molecule has 0 unspecified atom stereocenters. The van der Waals surface area contributed by atoms with E-state index in [9.17, 15) is 0 Å². The van der Waals surface area contributed by atoms with E-state index in [-0.39, 0.29) is 0 Å². The Kier molecular flexibility index (Phi) is 4.01. The molecule has 0 heterocycles. The molecule has 2 rings (SSSR count). The van der Waals surface area contributed by atoms with Crippen molar-refractivity contribution >= 4 is 21.6 Å². The van der Waals surface area contributed by atoms with Crippen molar-refractivity contribution in [1.82, 2.24) is 0 Å². The van der Waals surface area contributed by atoms with Gasteiger partial charge in [-0.15, -0.1) is 0 Å². The molecule has 2 aromatic rings. The number of aryl methyl sites for hydroxylation is 1. The lowest BCUT2D eigenvalue weighted by Crippen LogP contribution is -1.99. The number of rotatable bonds is 3. The van der Waals surface area contributed by atoms with E-state index in [4.69, 9.17) is 5.26 Å². The van der Waals surface area contributed by atoms with Gasteiger partial charge in [-0.3, -0.25) is 0 Å². The summed E-state index contributed by atoms with van der Waals surface area (Å²) in [5.41, 5.74) is 4.16. The molecule has 0 spiro atoms. The normalized spacial score (nSPS) is 9.83. The minimum absolute atomic E-state index is 0.649. The molecule has 2 aromatic carbocycles. The lowest BCUT2D eigenvalue weighted by Gasteiger charge is -2.08. The average Bonchev–Trinajstić information content (AvgIpc) is 2.37. The van der Waals surface area contributed by atoms with Crippen molar-refractivity contribution in [2.75, 3.05) is 5.32 Å². The first kappa shape index (κ1) is 12.7. The van der Waals surface area contributed by atoms with Gasteiger partial charge >= 0.3 is 0 Å². The molecule has 0 radical (unpaired) electrons. The van der Waals surface area contributed by atoms with Gasteiger partial charge in [0.1, 0.15) is 6.07 Å². The molecule has 0 fully saturated rings. The Bertz CT molecular complexity index is 600. The molecule has 1 N–H and O–H groups in total. The molecule has 0 amide bonds. The Morgan fingerprint density at radius 3 is 2.72 bits per heavy atom. The smallest absolute Gasteiger partial charge is 0.100 e. The summed E-state index contributed by atoms with van der Waals surface area (Å²) < 4.78 is 0.819. The van der Waals surface area contributed by atoms with Crippen LogP contribution in [0.1, 0.15) is 16.7 Å². The fourth-order valence-corrected chi connectivity index (χ4v) is 2.21. The summed E-state index contributed by atoms with van der Waals surface area (Å²) in [4.78, 5) is 0. The zero-order valence-corrected chi connectivity index (χ0v) is 11.7. The number of nitriles is 1. The van der Waals surface area contributed by atoms with Gasteiger partial charge in [-0.25, -0.2) is 0 Å². The van der Waals surface area contributed by atoms with Gasteiger partial charge < -0.3 is 5.32 Å². The van der Waals surface area contributed by atoms with E-state index in [1.165, 1.54) is 11.1 Å².